The second kappa shape index (κ2) is 6.44. The van der Waals surface area contributed by atoms with E-state index in [2.05, 4.69) is 25.7 Å². The van der Waals surface area contributed by atoms with Crippen LogP contribution in [-0.2, 0) is 0 Å². The van der Waals surface area contributed by atoms with Crippen molar-refractivity contribution in [3.05, 3.63) is 0 Å². The molecule has 0 bridgehead atoms. The van der Waals surface area contributed by atoms with E-state index in [4.69, 9.17) is 0 Å². The molecular weight excluding hydrogens is 170 g/mol. The first-order chi connectivity index (χ1) is 6.77. The first kappa shape index (κ1) is 12.0. The van der Waals surface area contributed by atoms with Crippen LogP contribution in [0.15, 0.2) is 0 Å². The molecule has 0 N–H and O–H groups in total. The highest BCUT2D eigenvalue weighted by molar-refractivity contribution is 4.75. The first-order valence-electron chi connectivity index (χ1n) is 6.50. The molecular formula is C13H27N. The molecule has 1 saturated heterocycles. The monoisotopic (exact) mass is 197 g/mol. The average Bonchev–Trinajstić information content (AvgIpc) is 2.26. The maximum Gasteiger partial charge on any atom is -0.00161 e. The van der Waals surface area contributed by atoms with E-state index in [0.717, 1.165) is 11.8 Å². The molecule has 1 aliphatic rings. The number of likely N-dealkylation sites (tertiary alicyclic amines) is 1. The van der Waals surface area contributed by atoms with Gasteiger partial charge in [0.2, 0.25) is 0 Å². The van der Waals surface area contributed by atoms with Crippen LogP contribution in [0.3, 0.4) is 0 Å². The van der Waals surface area contributed by atoms with Gasteiger partial charge in [-0.15, -0.1) is 0 Å². The van der Waals surface area contributed by atoms with E-state index < -0.39 is 0 Å². The predicted molar refractivity (Wildman–Crippen MR) is 63.5 cm³/mol. The van der Waals surface area contributed by atoms with E-state index >= 15 is 0 Å². The number of hydrogen-bond acceptors (Lipinski definition) is 1. The van der Waals surface area contributed by atoms with E-state index in [1.807, 2.05) is 0 Å². The Labute approximate surface area is 89.9 Å². The van der Waals surface area contributed by atoms with Gasteiger partial charge in [0.15, 0.2) is 0 Å². The molecule has 0 aromatic carbocycles. The van der Waals surface area contributed by atoms with Crippen molar-refractivity contribution < 1.29 is 0 Å². The summed E-state index contributed by atoms with van der Waals surface area (Å²) in [6.45, 7) is 11.0. The minimum atomic E-state index is 0.967. The second-order valence-electron chi connectivity index (χ2n) is 4.89. The third-order valence-electron chi connectivity index (χ3n) is 3.90. The van der Waals surface area contributed by atoms with Crippen molar-refractivity contribution in [3.8, 4) is 0 Å². The Kier molecular flexibility index (Phi) is 5.54. The van der Waals surface area contributed by atoms with Gasteiger partial charge in [-0.3, -0.25) is 0 Å². The molecule has 0 aromatic heterocycles. The van der Waals surface area contributed by atoms with Crippen LogP contribution in [0.5, 0.6) is 0 Å². The predicted octanol–water partition coefficient (Wildman–Crippen LogP) is 3.54. The fraction of sp³-hybridized carbons (Fsp3) is 1.00. The molecule has 1 heteroatoms. The largest absolute Gasteiger partial charge is 0.304 e. The smallest absolute Gasteiger partial charge is 0.00161 e. The average molecular weight is 197 g/mol. The summed E-state index contributed by atoms with van der Waals surface area (Å²) in [4.78, 5) is 2.59. The summed E-state index contributed by atoms with van der Waals surface area (Å²) in [7, 11) is 0. The van der Waals surface area contributed by atoms with Gasteiger partial charge in [-0.2, -0.15) is 0 Å². The van der Waals surface area contributed by atoms with Gasteiger partial charge in [0.25, 0.3) is 0 Å². The number of hydrogen-bond donors (Lipinski definition) is 0. The fourth-order valence-electron chi connectivity index (χ4n) is 2.60. The quantitative estimate of drug-likeness (QED) is 0.651. The van der Waals surface area contributed by atoms with Crippen LogP contribution in [0.25, 0.3) is 0 Å². The van der Waals surface area contributed by atoms with Crippen molar-refractivity contribution in [2.24, 2.45) is 11.8 Å². The van der Waals surface area contributed by atoms with E-state index in [-0.39, 0.29) is 0 Å². The van der Waals surface area contributed by atoms with E-state index in [0.29, 0.717) is 0 Å². The first-order valence-corrected chi connectivity index (χ1v) is 6.50. The van der Waals surface area contributed by atoms with Crippen molar-refractivity contribution in [1.29, 1.82) is 0 Å². The summed E-state index contributed by atoms with van der Waals surface area (Å²) in [5.41, 5.74) is 0. The molecule has 1 unspecified atom stereocenters. The molecule has 1 fully saturated rings. The summed E-state index contributed by atoms with van der Waals surface area (Å²) >= 11 is 0. The van der Waals surface area contributed by atoms with Crippen LogP contribution >= 0.6 is 0 Å². The zero-order chi connectivity index (χ0) is 10.4. The summed E-state index contributed by atoms with van der Waals surface area (Å²) in [6.07, 6.45) is 7.12. The maximum atomic E-state index is 2.59. The molecule has 1 rings (SSSR count). The Hall–Kier alpha value is -0.0400. The van der Waals surface area contributed by atoms with Gasteiger partial charge in [-0.05, 0) is 44.3 Å². The van der Waals surface area contributed by atoms with Gasteiger partial charge in [0, 0.05) is 0 Å². The lowest BCUT2D eigenvalue weighted by atomic mass is 9.83. The van der Waals surface area contributed by atoms with Gasteiger partial charge in [-0.1, -0.05) is 40.0 Å². The molecule has 0 amide bonds. The van der Waals surface area contributed by atoms with Crippen LogP contribution in [0.4, 0.5) is 0 Å². The van der Waals surface area contributed by atoms with Crippen molar-refractivity contribution in [2.45, 2.75) is 52.9 Å². The van der Waals surface area contributed by atoms with Crippen LogP contribution in [-0.4, -0.2) is 24.5 Å². The molecule has 0 aromatic rings. The molecule has 14 heavy (non-hydrogen) atoms. The Morgan fingerprint density at radius 3 is 2.36 bits per heavy atom. The molecule has 1 heterocycles. The molecule has 1 aliphatic heterocycles. The number of piperidine rings is 1. The fourth-order valence-corrected chi connectivity index (χ4v) is 2.60. The molecule has 0 radical (unpaired) electrons. The van der Waals surface area contributed by atoms with Crippen LogP contribution in [0.1, 0.15) is 52.9 Å². The Balaban J connectivity index is 2.19. The lowest BCUT2D eigenvalue weighted by Gasteiger charge is -2.34. The second-order valence-corrected chi connectivity index (χ2v) is 4.89. The highest BCUT2D eigenvalue weighted by Gasteiger charge is 2.22. The SMILES string of the molecule is CCCCC(C)C1CCN(CC)CC1. The van der Waals surface area contributed by atoms with Crippen molar-refractivity contribution in [3.63, 3.8) is 0 Å². The molecule has 1 nitrogen and oxygen atoms in total. The third-order valence-corrected chi connectivity index (χ3v) is 3.90. The van der Waals surface area contributed by atoms with Gasteiger partial charge >= 0.3 is 0 Å². The number of rotatable bonds is 5. The van der Waals surface area contributed by atoms with Gasteiger partial charge in [-0.25, -0.2) is 0 Å². The molecule has 0 aliphatic carbocycles. The third kappa shape index (κ3) is 3.61. The highest BCUT2D eigenvalue weighted by atomic mass is 15.1. The van der Waals surface area contributed by atoms with E-state index in [1.165, 1.54) is 51.7 Å². The van der Waals surface area contributed by atoms with Crippen LogP contribution < -0.4 is 0 Å². The summed E-state index contributed by atoms with van der Waals surface area (Å²) < 4.78 is 0. The molecule has 0 spiro atoms. The summed E-state index contributed by atoms with van der Waals surface area (Å²) in [6, 6.07) is 0. The van der Waals surface area contributed by atoms with Crippen molar-refractivity contribution in [2.75, 3.05) is 19.6 Å². The van der Waals surface area contributed by atoms with Gasteiger partial charge in [0.1, 0.15) is 0 Å². The Morgan fingerprint density at radius 1 is 1.21 bits per heavy atom. The van der Waals surface area contributed by atoms with E-state index in [1.54, 1.807) is 0 Å². The Morgan fingerprint density at radius 2 is 1.86 bits per heavy atom. The normalized spacial score (nSPS) is 22.5. The molecule has 1 atom stereocenters. The topological polar surface area (TPSA) is 3.24 Å². The van der Waals surface area contributed by atoms with Crippen molar-refractivity contribution in [1.82, 2.24) is 4.90 Å². The summed E-state index contributed by atoms with van der Waals surface area (Å²) in [5, 5.41) is 0. The molecule has 84 valence electrons. The van der Waals surface area contributed by atoms with E-state index in [9.17, 15) is 0 Å². The maximum absolute atomic E-state index is 2.59. The lowest BCUT2D eigenvalue weighted by Crippen LogP contribution is -2.35. The minimum Gasteiger partial charge on any atom is -0.304 e. The van der Waals surface area contributed by atoms with Gasteiger partial charge in [0.05, 0.1) is 0 Å². The lowest BCUT2D eigenvalue weighted by molar-refractivity contribution is 0.153. The highest BCUT2D eigenvalue weighted by Crippen LogP contribution is 2.27. The minimum absolute atomic E-state index is 0.967. The van der Waals surface area contributed by atoms with Gasteiger partial charge < -0.3 is 4.90 Å². The molecule has 0 saturated carbocycles. The Bertz CT molecular complexity index is 136. The zero-order valence-electron chi connectivity index (χ0n) is 10.3. The summed E-state index contributed by atoms with van der Waals surface area (Å²) in [5.74, 6) is 1.98. The standard InChI is InChI=1S/C13H27N/c1-4-6-7-12(3)13-8-10-14(5-2)11-9-13/h12-13H,4-11H2,1-3H3. The number of nitrogens with zero attached hydrogens (tertiary/aromatic N) is 1. The van der Waals surface area contributed by atoms with Crippen molar-refractivity contribution >= 4 is 0 Å². The number of unbranched alkanes of at least 4 members (excludes halogenated alkanes) is 1. The van der Waals surface area contributed by atoms with Crippen LogP contribution in [0.2, 0.25) is 0 Å². The zero-order valence-corrected chi connectivity index (χ0v) is 10.3. The van der Waals surface area contributed by atoms with Crippen LogP contribution in [0, 0.1) is 11.8 Å².